The van der Waals surface area contributed by atoms with E-state index in [1.54, 1.807) is 25.1 Å². The Morgan fingerprint density at radius 1 is 1.20 bits per heavy atom. The summed E-state index contributed by atoms with van der Waals surface area (Å²) < 4.78 is 19.2. The van der Waals surface area contributed by atoms with Crippen molar-refractivity contribution >= 4 is 29.0 Å². The minimum Gasteiger partial charge on any atom is -0.455 e. The van der Waals surface area contributed by atoms with Gasteiger partial charge in [0.15, 0.2) is 5.78 Å². The van der Waals surface area contributed by atoms with Crippen molar-refractivity contribution in [2.75, 3.05) is 0 Å². The molecular formula is C15H11Cl2FO2. The highest BCUT2D eigenvalue weighted by molar-refractivity contribution is 6.42. The van der Waals surface area contributed by atoms with E-state index >= 15 is 0 Å². The summed E-state index contributed by atoms with van der Waals surface area (Å²) in [6.07, 6.45) is 0. The Labute approximate surface area is 126 Å². The third-order valence-corrected chi connectivity index (χ3v) is 3.58. The van der Waals surface area contributed by atoms with Crippen LogP contribution < -0.4 is 4.74 Å². The lowest BCUT2D eigenvalue weighted by Gasteiger charge is -2.12. The van der Waals surface area contributed by atoms with Gasteiger partial charge in [0.1, 0.15) is 22.3 Å². The fourth-order valence-electron chi connectivity index (χ4n) is 1.70. The highest BCUT2D eigenvalue weighted by Gasteiger charge is 2.15. The Kier molecular flexibility index (Phi) is 4.31. The van der Waals surface area contributed by atoms with Gasteiger partial charge in [0.05, 0.1) is 10.6 Å². The maximum atomic E-state index is 13.5. The molecule has 104 valence electrons. The van der Waals surface area contributed by atoms with Crippen LogP contribution in [0.15, 0.2) is 30.3 Å². The van der Waals surface area contributed by atoms with E-state index in [4.69, 9.17) is 27.9 Å². The molecule has 0 saturated carbocycles. The van der Waals surface area contributed by atoms with Crippen LogP contribution in [0, 0.1) is 12.7 Å². The molecule has 20 heavy (non-hydrogen) atoms. The van der Waals surface area contributed by atoms with E-state index in [2.05, 4.69) is 0 Å². The Balaban J connectivity index is 2.50. The summed E-state index contributed by atoms with van der Waals surface area (Å²) in [6, 6.07) is 7.54. The number of benzene rings is 2. The fraction of sp³-hybridized carbons (Fsp3) is 0.133. The molecule has 0 amide bonds. The summed E-state index contributed by atoms with van der Waals surface area (Å²) in [4.78, 5) is 11.6. The third-order valence-electron chi connectivity index (χ3n) is 2.78. The molecule has 0 bridgehead atoms. The van der Waals surface area contributed by atoms with Crippen LogP contribution in [0.25, 0.3) is 0 Å². The normalized spacial score (nSPS) is 10.4. The molecule has 0 spiro atoms. The number of Topliss-reactive ketones (excluding diaryl/α,β-unsaturated/α-hetero) is 1. The number of ether oxygens (including phenoxy) is 1. The molecule has 0 unspecified atom stereocenters. The summed E-state index contributed by atoms with van der Waals surface area (Å²) in [5.74, 6) is -0.190. The molecule has 5 heteroatoms. The maximum Gasteiger partial charge on any atom is 0.163 e. The molecule has 0 N–H and O–H groups in total. The molecule has 0 heterocycles. The zero-order valence-electron chi connectivity index (χ0n) is 10.8. The molecule has 0 atom stereocenters. The smallest absolute Gasteiger partial charge is 0.163 e. The average Bonchev–Trinajstić information content (AvgIpc) is 2.38. The second-order valence-corrected chi connectivity index (χ2v) is 5.09. The van der Waals surface area contributed by atoms with Crippen LogP contribution in [0.2, 0.25) is 10.0 Å². The predicted molar refractivity (Wildman–Crippen MR) is 77.7 cm³/mol. The Morgan fingerprint density at radius 3 is 2.55 bits per heavy atom. The summed E-state index contributed by atoms with van der Waals surface area (Å²) in [5.41, 5.74) is 0.535. The number of hydrogen-bond acceptors (Lipinski definition) is 2. The molecule has 2 aromatic rings. The van der Waals surface area contributed by atoms with Gasteiger partial charge < -0.3 is 4.74 Å². The zero-order chi connectivity index (χ0) is 14.9. The molecule has 0 aromatic heterocycles. The lowest BCUT2D eigenvalue weighted by molar-refractivity contribution is 0.101. The molecule has 2 rings (SSSR count). The topological polar surface area (TPSA) is 26.3 Å². The van der Waals surface area contributed by atoms with Gasteiger partial charge in [-0.25, -0.2) is 4.39 Å². The molecule has 0 fully saturated rings. The van der Waals surface area contributed by atoms with Gasteiger partial charge >= 0.3 is 0 Å². The molecule has 0 aliphatic carbocycles. The first-order chi connectivity index (χ1) is 9.40. The molecule has 0 aliphatic heterocycles. The largest absolute Gasteiger partial charge is 0.455 e. The van der Waals surface area contributed by atoms with E-state index in [0.29, 0.717) is 16.3 Å². The number of halogens is 3. The van der Waals surface area contributed by atoms with Gasteiger partial charge in [-0.2, -0.15) is 0 Å². The first-order valence-corrected chi connectivity index (χ1v) is 6.58. The van der Waals surface area contributed by atoms with Gasteiger partial charge in [-0.3, -0.25) is 4.79 Å². The predicted octanol–water partition coefficient (Wildman–Crippen LogP) is 5.44. The van der Waals surface area contributed by atoms with Gasteiger partial charge in [-0.15, -0.1) is 0 Å². The van der Waals surface area contributed by atoms with Gasteiger partial charge in [-0.1, -0.05) is 29.3 Å². The maximum absolute atomic E-state index is 13.5. The van der Waals surface area contributed by atoms with Crippen molar-refractivity contribution in [2.45, 2.75) is 13.8 Å². The number of carbonyl (C=O) groups excluding carboxylic acids is 1. The van der Waals surface area contributed by atoms with E-state index in [1.165, 1.54) is 13.0 Å². The SMILES string of the molecule is CC(=O)c1cc(F)c(C)cc1Oc1cccc(Cl)c1Cl. The van der Waals surface area contributed by atoms with Crippen LogP contribution in [0.3, 0.4) is 0 Å². The Hall–Kier alpha value is -1.58. The van der Waals surface area contributed by atoms with Crippen LogP contribution >= 0.6 is 23.2 Å². The van der Waals surface area contributed by atoms with Crippen molar-refractivity contribution in [3.05, 3.63) is 57.3 Å². The summed E-state index contributed by atoms with van der Waals surface area (Å²) >= 11 is 11.9. The first-order valence-electron chi connectivity index (χ1n) is 5.83. The number of carbonyl (C=O) groups is 1. The first kappa shape index (κ1) is 14.8. The van der Waals surface area contributed by atoms with Crippen LogP contribution in [0.4, 0.5) is 4.39 Å². The van der Waals surface area contributed by atoms with Gasteiger partial charge in [-0.05, 0) is 43.7 Å². The zero-order valence-corrected chi connectivity index (χ0v) is 12.3. The second-order valence-electron chi connectivity index (χ2n) is 4.31. The molecule has 2 aromatic carbocycles. The Bertz CT molecular complexity index is 684. The van der Waals surface area contributed by atoms with Crippen molar-refractivity contribution in [1.29, 1.82) is 0 Å². The van der Waals surface area contributed by atoms with Crippen LogP contribution in [0.5, 0.6) is 11.5 Å². The van der Waals surface area contributed by atoms with Crippen molar-refractivity contribution in [3.8, 4) is 11.5 Å². The number of hydrogen-bond donors (Lipinski definition) is 0. The van der Waals surface area contributed by atoms with Gasteiger partial charge in [0.25, 0.3) is 0 Å². The molecule has 0 saturated heterocycles. The quantitative estimate of drug-likeness (QED) is 0.706. The van der Waals surface area contributed by atoms with Gasteiger partial charge in [0.2, 0.25) is 0 Å². The van der Waals surface area contributed by atoms with Crippen LogP contribution in [-0.2, 0) is 0 Å². The van der Waals surface area contributed by atoms with E-state index in [-0.39, 0.29) is 22.1 Å². The molecular weight excluding hydrogens is 302 g/mol. The molecule has 0 radical (unpaired) electrons. The minimum atomic E-state index is -0.459. The summed E-state index contributed by atoms with van der Waals surface area (Å²) in [5, 5.41) is 0.582. The third kappa shape index (κ3) is 2.94. The van der Waals surface area contributed by atoms with E-state index in [9.17, 15) is 9.18 Å². The van der Waals surface area contributed by atoms with Crippen molar-refractivity contribution in [2.24, 2.45) is 0 Å². The van der Waals surface area contributed by atoms with Crippen LogP contribution in [0.1, 0.15) is 22.8 Å². The molecule has 2 nitrogen and oxygen atoms in total. The standard InChI is InChI=1S/C15H11Cl2FO2/c1-8-6-14(10(9(2)19)7-12(8)18)20-13-5-3-4-11(16)15(13)17/h3-7H,1-2H3. The highest BCUT2D eigenvalue weighted by Crippen LogP contribution is 2.36. The van der Waals surface area contributed by atoms with E-state index in [0.717, 1.165) is 6.07 Å². The van der Waals surface area contributed by atoms with Crippen LogP contribution in [-0.4, -0.2) is 5.78 Å². The van der Waals surface area contributed by atoms with Crippen molar-refractivity contribution in [3.63, 3.8) is 0 Å². The highest BCUT2D eigenvalue weighted by atomic mass is 35.5. The Morgan fingerprint density at radius 2 is 1.90 bits per heavy atom. The van der Waals surface area contributed by atoms with E-state index in [1.807, 2.05) is 0 Å². The summed E-state index contributed by atoms with van der Waals surface area (Å²) in [7, 11) is 0. The minimum absolute atomic E-state index is 0.157. The van der Waals surface area contributed by atoms with E-state index < -0.39 is 5.82 Å². The number of ketones is 1. The lowest BCUT2D eigenvalue weighted by Crippen LogP contribution is -2.00. The lowest BCUT2D eigenvalue weighted by atomic mass is 10.1. The fourth-order valence-corrected chi connectivity index (χ4v) is 2.03. The second kappa shape index (κ2) is 5.81. The number of aryl methyl sites for hydroxylation is 1. The number of rotatable bonds is 3. The van der Waals surface area contributed by atoms with Crippen molar-refractivity contribution < 1.29 is 13.9 Å². The molecule has 0 aliphatic rings. The van der Waals surface area contributed by atoms with Gasteiger partial charge in [0, 0.05) is 0 Å². The average molecular weight is 313 g/mol. The van der Waals surface area contributed by atoms with Crippen molar-refractivity contribution in [1.82, 2.24) is 0 Å². The summed E-state index contributed by atoms with van der Waals surface area (Å²) in [6.45, 7) is 2.93. The monoisotopic (exact) mass is 312 g/mol.